The van der Waals surface area contributed by atoms with Crippen LogP contribution in [0.1, 0.15) is 51.5 Å². The molecule has 0 aromatic heterocycles. The van der Waals surface area contributed by atoms with E-state index in [0.717, 1.165) is 17.3 Å². The third kappa shape index (κ3) is 15.8. The van der Waals surface area contributed by atoms with Crippen molar-refractivity contribution < 1.29 is 33.5 Å². The zero-order valence-corrected chi connectivity index (χ0v) is 27.1. The number of hydrogen-bond acceptors (Lipinski definition) is 8. The molecule has 1 aromatic carbocycles. The van der Waals surface area contributed by atoms with Crippen LogP contribution in [0.5, 0.6) is 0 Å². The lowest BCUT2D eigenvalue weighted by atomic mass is 10.0. The average Bonchev–Trinajstić information content (AvgIpc) is 2.95. The Bertz CT molecular complexity index is 1060. The van der Waals surface area contributed by atoms with Crippen molar-refractivity contribution >= 4 is 75.0 Å². The van der Waals surface area contributed by atoms with Gasteiger partial charge in [-0.05, 0) is 67.3 Å². The molecule has 42 heavy (non-hydrogen) atoms. The first-order chi connectivity index (χ1) is 20.0. The van der Waals surface area contributed by atoms with Gasteiger partial charge in [0.25, 0.3) is 0 Å². The molecule has 1 aromatic rings. The molecule has 0 spiro atoms. The maximum absolute atomic E-state index is 13.2. The third-order valence-electron chi connectivity index (χ3n) is 5.89. The van der Waals surface area contributed by atoms with Crippen LogP contribution in [-0.4, -0.2) is 70.8 Å². The second-order valence-electron chi connectivity index (χ2n) is 9.65. The highest BCUT2D eigenvalue weighted by molar-refractivity contribution is 14.1. The van der Waals surface area contributed by atoms with E-state index in [1.165, 1.54) is 0 Å². The Hall–Kier alpha value is -3.08. The first-order valence-electron chi connectivity index (χ1n) is 13.5. The molecule has 234 valence electrons. The number of nitrogens with one attached hydrogen (secondary N) is 5. The van der Waals surface area contributed by atoms with Gasteiger partial charge in [0.15, 0.2) is 0 Å². The lowest BCUT2D eigenvalue weighted by molar-refractivity contribution is -0.132. The van der Waals surface area contributed by atoms with Gasteiger partial charge in [-0.2, -0.15) is 0 Å². The molecule has 7 N–H and O–H groups in total. The van der Waals surface area contributed by atoms with Crippen LogP contribution in [0, 0.1) is 5.92 Å². The van der Waals surface area contributed by atoms with Crippen molar-refractivity contribution in [1.29, 1.82) is 0 Å². The number of nitrogens with two attached hydrogens (primary N) is 1. The predicted octanol–water partition coefficient (Wildman–Crippen LogP) is 2.42. The molecule has 0 aliphatic rings. The van der Waals surface area contributed by atoms with Gasteiger partial charge in [-0.1, -0.05) is 48.6 Å². The number of urea groups is 1. The molecular formula is C27H41IN6O7S. The van der Waals surface area contributed by atoms with Gasteiger partial charge in [-0.3, -0.25) is 19.2 Å². The molecule has 0 radical (unpaired) electrons. The number of anilines is 1. The highest BCUT2D eigenvalue weighted by atomic mass is 127. The van der Waals surface area contributed by atoms with Gasteiger partial charge in [0, 0.05) is 25.2 Å². The lowest BCUT2D eigenvalue weighted by Crippen LogP contribution is -2.54. The second-order valence-corrected chi connectivity index (χ2v) is 11.2. The number of carbonyl (C=O) groups is 6. The Morgan fingerprint density at radius 3 is 2.17 bits per heavy atom. The summed E-state index contributed by atoms with van der Waals surface area (Å²) >= 11 is 2.94. The van der Waals surface area contributed by atoms with Crippen LogP contribution in [0.15, 0.2) is 24.3 Å². The van der Waals surface area contributed by atoms with E-state index in [1.807, 2.05) is 22.6 Å². The highest BCUT2D eigenvalue weighted by Gasteiger charge is 2.28. The molecule has 2 atom stereocenters. The monoisotopic (exact) mass is 720 g/mol. The minimum absolute atomic E-state index is 0.0634. The van der Waals surface area contributed by atoms with Crippen LogP contribution < -0.4 is 32.3 Å². The maximum atomic E-state index is 13.2. The Morgan fingerprint density at radius 2 is 1.57 bits per heavy atom. The van der Waals surface area contributed by atoms with E-state index in [4.69, 9.17) is 10.5 Å². The molecule has 0 bridgehead atoms. The fraction of sp³-hybridized carbons (Fsp3) is 0.556. The highest BCUT2D eigenvalue weighted by Crippen LogP contribution is 2.14. The van der Waals surface area contributed by atoms with Gasteiger partial charge in [-0.15, -0.1) is 0 Å². The third-order valence-corrected chi connectivity index (χ3v) is 7.03. The molecule has 6 amide bonds. The molecule has 0 fully saturated rings. The number of thioether (sulfide) groups is 1. The number of carbonyl (C=O) groups excluding carboxylic acids is 6. The topological polar surface area (TPSA) is 198 Å². The standard InChI is InChI=1S/C27H41IN6O7S/c1-17(2)23(34-21(35)8-4-5-13-30-22(36)15-28)25(38)33-20(7-6-14-31-26(29)39)24(37)32-19-11-9-18(10-12-19)16-41-27(40)42-3/h9-12,17,20,23H,4-8,13-16H2,1-3H3,(H,30,36)(H,32,37)(H,33,38)(H,34,35)(H3,29,31,39)/t20-,23-/m1/s1. The minimum Gasteiger partial charge on any atom is -0.453 e. The summed E-state index contributed by atoms with van der Waals surface area (Å²) in [5.41, 5.74) is 6.32. The van der Waals surface area contributed by atoms with Gasteiger partial charge >= 0.3 is 11.3 Å². The maximum Gasteiger partial charge on any atom is 0.367 e. The first kappa shape index (κ1) is 36.9. The first-order valence-corrected chi connectivity index (χ1v) is 16.3. The number of rotatable bonds is 18. The van der Waals surface area contributed by atoms with E-state index < -0.39 is 35.2 Å². The average molecular weight is 721 g/mol. The van der Waals surface area contributed by atoms with Crippen molar-refractivity contribution in [2.24, 2.45) is 11.7 Å². The number of alkyl halides is 1. The fourth-order valence-corrected chi connectivity index (χ4v) is 4.08. The zero-order chi connectivity index (χ0) is 31.5. The smallest absolute Gasteiger partial charge is 0.367 e. The Morgan fingerprint density at radius 1 is 0.905 bits per heavy atom. The number of ether oxygens (including phenoxy) is 1. The van der Waals surface area contributed by atoms with Crippen molar-refractivity contribution in [1.82, 2.24) is 21.3 Å². The summed E-state index contributed by atoms with van der Waals surface area (Å²) in [5, 5.41) is 13.1. The molecule has 0 saturated heterocycles. The molecule has 1 rings (SSSR count). The van der Waals surface area contributed by atoms with E-state index in [2.05, 4.69) is 26.6 Å². The molecular weight excluding hydrogens is 679 g/mol. The van der Waals surface area contributed by atoms with Crippen molar-refractivity contribution in [3.8, 4) is 0 Å². The van der Waals surface area contributed by atoms with Gasteiger partial charge in [0.1, 0.15) is 18.7 Å². The van der Waals surface area contributed by atoms with Crippen LogP contribution >= 0.6 is 34.4 Å². The molecule has 0 heterocycles. The predicted molar refractivity (Wildman–Crippen MR) is 170 cm³/mol. The van der Waals surface area contributed by atoms with E-state index in [1.54, 1.807) is 44.4 Å². The summed E-state index contributed by atoms with van der Waals surface area (Å²) in [7, 11) is 0. The fourth-order valence-electron chi connectivity index (χ4n) is 3.63. The minimum atomic E-state index is -0.964. The summed E-state index contributed by atoms with van der Waals surface area (Å²) in [6.07, 6.45) is 3.52. The van der Waals surface area contributed by atoms with Crippen LogP contribution in [-0.2, 0) is 30.5 Å². The van der Waals surface area contributed by atoms with Crippen molar-refractivity contribution in [2.75, 3.05) is 29.1 Å². The normalized spacial score (nSPS) is 12.0. The summed E-state index contributed by atoms with van der Waals surface area (Å²) < 4.78 is 5.44. The summed E-state index contributed by atoms with van der Waals surface area (Å²) in [4.78, 5) is 72.6. The molecule has 13 nitrogen and oxygen atoms in total. The van der Waals surface area contributed by atoms with Crippen LogP contribution in [0.2, 0.25) is 0 Å². The second kappa shape index (κ2) is 20.7. The van der Waals surface area contributed by atoms with Crippen molar-refractivity contribution in [2.45, 2.75) is 64.6 Å². The summed E-state index contributed by atoms with van der Waals surface area (Å²) in [5.74, 6) is -1.62. The molecule has 0 aliphatic carbocycles. The SMILES string of the molecule is CSC(=O)OCc1ccc(NC(=O)[C@@H](CCCNC(N)=O)NC(=O)[C@H](NC(=O)CCCCNC(=O)CI)C(C)C)cc1. The van der Waals surface area contributed by atoms with Gasteiger partial charge in [0.2, 0.25) is 23.6 Å². The van der Waals surface area contributed by atoms with E-state index >= 15 is 0 Å². The summed E-state index contributed by atoms with van der Waals surface area (Å²) in [6, 6.07) is 4.17. The van der Waals surface area contributed by atoms with Gasteiger partial charge < -0.3 is 37.1 Å². The Kier molecular flexibility index (Phi) is 18.2. The molecule has 0 unspecified atom stereocenters. The summed E-state index contributed by atoms with van der Waals surface area (Å²) in [6.45, 7) is 4.35. The molecule has 0 saturated carbocycles. The molecule has 0 aliphatic heterocycles. The van der Waals surface area contributed by atoms with Crippen LogP contribution in [0.25, 0.3) is 0 Å². The number of primary amides is 1. The van der Waals surface area contributed by atoms with Crippen LogP contribution in [0.3, 0.4) is 0 Å². The zero-order valence-electron chi connectivity index (χ0n) is 24.1. The van der Waals surface area contributed by atoms with Crippen LogP contribution in [0.4, 0.5) is 15.3 Å². The Labute approximate surface area is 264 Å². The quantitative estimate of drug-likeness (QED) is 0.0575. The van der Waals surface area contributed by atoms with Gasteiger partial charge in [-0.25, -0.2) is 9.59 Å². The number of amides is 6. The number of halogens is 1. The van der Waals surface area contributed by atoms with E-state index in [0.29, 0.717) is 35.9 Å². The molecule has 15 heteroatoms. The number of benzene rings is 1. The van der Waals surface area contributed by atoms with Crippen molar-refractivity contribution in [3.05, 3.63) is 29.8 Å². The number of hydrogen-bond donors (Lipinski definition) is 6. The Balaban J connectivity index is 2.81. The largest absolute Gasteiger partial charge is 0.453 e. The van der Waals surface area contributed by atoms with Crippen molar-refractivity contribution in [3.63, 3.8) is 0 Å². The van der Waals surface area contributed by atoms with E-state index in [9.17, 15) is 28.8 Å². The van der Waals surface area contributed by atoms with E-state index in [-0.39, 0.29) is 43.7 Å². The van der Waals surface area contributed by atoms with Gasteiger partial charge in [0.05, 0.1) is 4.43 Å². The lowest BCUT2D eigenvalue weighted by Gasteiger charge is -2.25. The number of unbranched alkanes of at least 4 members (excludes halogenated alkanes) is 1.